The number of nitrogens with one attached hydrogen (secondary N) is 2. The molecule has 0 atom stereocenters. The van der Waals surface area contributed by atoms with Crippen LogP contribution in [0, 0.1) is 6.92 Å². The molecular weight excluding hydrogens is 376 g/mol. The predicted octanol–water partition coefficient (Wildman–Crippen LogP) is 4.97. The highest BCUT2D eigenvalue weighted by Crippen LogP contribution is 2.28. The molecule has 3 aromatic rings. The normalized spacial score (nSPS) is 10.5. The summed E-state index contributed by atoms with van der Waals surface area (Å²) in [5.41, 5.74) is 2.64. The number of benzene rings is 2. The summed E-state index contributed by atoms with van der Waals surface area (Å²) in [5, 5.41) is 15.5. The molecule has 1 aromatic heterocycles. The largest absolute Gasteiger partial charge is 0.330 e. The van der Waals surface area contributed by atoms with E-state index >= 15 is 0 Å². The molecule has 0 saturated carbocycles. The molecule has 128 valence electrons. The van der Waals surface area contributed by atoms with Crippen molar-refractivity contribution >= 4 is 57.1 Å². The molecule has 0 aliphatic heterocycles. The molecule has 0 unspecified atom stereocenters. The number of thioether (sulfide) groups is 1. The van der Waals surface area contributed by atoms with Crippen molar-refractivity contribution in [1.82, 2.24) is 10.2 Å². The lowest BCUT2D eigenvalue weighted by molar-refractivity contribution is -0.113. The maximum absolute atomic E-state index is 12.1. The number of rotatable bonds is 6. The van der Waals surface area contributed by atoms with Gasteiger partial charge in [-0.15, -0.1) is 10.2 Å². The highest BCUT2D eigenvalue weighted by atomic mass is 35.5. The molecule has 0 radical (unpaired) electrons. The lowest BCUT2D eigenvalue weighted by Crippen LogP contribution is -2.14. The van der Waals surface area contributed by atoms with Crippen molar-refractivity contribution in [2.45, 2.75) is 11.3 Å². The first-order chi connectivity index (χ1) is 12.1. The van der Waals surface area contributed by atoms with Crippen LogP contribution in [0.3, 0.4) is 0 Å². The third kappa shape index (κ3) is 5.19. The summed E-state index contributed by atoms with van der Waals surface area (Å²) in [4.78, 5) is 12.1. The standard InChI is InChI=1S/C17H15ClN4OS2/c1-11-7-8-12(18)9-14(11)20-15(23)10-24-17-22-21-16(25-17)19-13-5-3-2-4-6-13/h2-9H,10H2,1H3,(H,19,21)(H,20,23). The van der Waals surface area contributed by atoms with Crippen LogP contribution in [0.2, 0.25) is 5.02 Å². The third-order valence-corrected chi connectivity index (χ3v) is 5.44. The molecular formula is C17H15ClN4OS2. The van der Waals surface area contributed by atoms with Gasteiger partial charge in [0.1, 0.15) is 0 Å². The molecule has 0 saturated heterocycles. The van der Waals surface area contributed by atoms with E-state index in [9.17, 15) is 4.79 Å². The van der Waals surface area contributed by atoms with Crippen LogP contribution in [0.15, 0.2) is 52.9 Å². The molecule has 0 fully saturated rings. The minimum absolute atomic E-state index is 0.108. The van der Waals surface area contributed by atoms with Crippen molar-refractivity contribution in [3.8, 4) is 0 Å². The van der Waals surface area contributed by atoms with Crippen LogP contribution < -0.4 is 10.6 Å². The van der Waals surface area contributed by atoms with E-state index in [-0.39, 0.29) is 11.7 Å². The second kappa shape index (κ2) is 8.33. The maximum atomic E-state index is 12.1. The molecule has 0 aliphatic rings. The van der Waals surface area contributed by atoms with Crippen molar-refractivity contribution in [2.24, 2.45) is 0 Å². The summed E-state index contributed by atoms with van der Waals surface area (Å²) in [6.45, 7) is 1.92. The van der Waals surface area contributed by atoms with Gasteiger partial charge in [0.2, 0.25) is 11.0 Å². The summed E-state index contributed by atoms with van der Waals surface area (Å²) in [5.74, 6) is 0.148. The van der Waals surface area contributed by atoms with Crippen LogP contribution in [0.1, 0.15) is 5.56 Å². The van der Waals surface area contributed by atoms with Gasteiger partial charge < -0.3 is 10.6 Å². The van der Waals surface area contributed by atoms with Crippen LogP contribution >= 0.6 is 34.7 Å². The van der Waals surface area contributed by atoms with E-state index in [0.717, 1.165) is 21.3 Å². The summed E-state index contributed by atoms with van der Waals surface area (Å²) < 4.78 is 0.733. The van der Waals surface area contributed by atoms with E-state index in [1.807, 2.05) is 43.3 Å². The Hall–Kier alpha value is -2.09. The van der Waals surface area contributed by atoms with E-state index in [4.69, 9.17) is 11.6 Å². The Balaban J connectivity index is 1.53. The molecule has 1 amide bonds. The van der Waals surface area contributed by atoms with Gasteiger partial charge in [0, 0.05) is 16.4 Å². The fourth-order valence-corrected chi connectivity index (χ4v) is 3.75. The minimum atomic E-state index is -0.108. The quantitative estimate of drug-likeness (QED) is 0.581. The van der Waals surface area contributed by atoms with Gasteiger partial charge in [0.25, 0.3) is 0 Å². The Morgan fingerprint density at radius 1 is 1.20 bits per heavy atom. The Morgan fingerprint density at radius 3 is 2.80 bits per heavy atom. The molecule has 8 heteroatoms. The second-order valence-electron chi connectivity index (χ2n) is 5.16. The summed E-state index contributed by atoms with van der Waals surface area (Å²) >= 11 is 8.72. The fraction of sp³-hybridized carbons (Fsp3) is 0.118. The number of carbonyl (C=O) groups is 1. The van der Waals surface area contributed by atoms with Crippen molar-refractivity contribution in [2.75, 3.05) is 16.4 Å². The highest BCUT2D eigenvalue weighted by Gasteiger charge is 2.10. The zero-order valence-corrected chi connectivity index (χ0v) is 15.7. The molecule has 25 heavy (non-hydrogen) atoms. The predicted molar refractivity (Wildman–Crippen MR) is 105 cm³/mol. The van der Waals surface area contributed by atoms with Crippen molar-refractivity contribution < 1.29 is 4.79 Å². The van der Waals surface area contributed by atoms with E-state index in [1.165, 1.54) is 23.1 Å². The average molecular weight is 391 g/mol. The Labute approximate surface area is 158 Å². The van der Waals surface area contributed by atoms with E-state index < -0.39 is 0 Å². The van der Waals surface area contributed by atoms with Gasteiger partial charge in [-0.2, -0.15) is 0 Å². The maximum Gasteiger partial charge on any atom is 0.234 e. The van der Waals surface area contributed by atoms with Crippen molar-refractivity contribution in [1.29, 1.82) is 0 Å². The van der Waals surface area contributed by atoms with E-state index in [1.54, 1.807) is 12.1 Å². The van der Waals surface area contributed by atoms with Gasteiger partial charge in [-0.25, -0.2) is 0 Å². The lowest BCUT2D eigenvalue weighted by atomic mass is 10.2. The second-order valence-corrected chi connectivity index (χ2v) is 7.80. The van der Waals surface area contributed by atoms with E-state index in [2.05, 4.69) is 20.8 Å². The van der Waals surface area contributed by atoms with Gasteiger partial charge in [0.05, 0.1) is 5.75 Å². The Morgan fingerprint density at radius 2 is 2.00 bits per heavy atom. The number of para-hydroxylation sites is 1. The molecule has 0 bridgehead atoms. The Kier molecular flexibility index (Phi) is 5.91. The van der Waals surface area contributed by atoms with Crippen LogP contribution in [0.4, 0.5) is 16.5 Å². The fourth-order valence-electron chi connectivity index (χ4n) is 2.01. The van der Waals surface area contributed by atoms with Crippen LogP contribution in [-0.2, 0) is 4.79 Å². The number of carbonyl (C=O) groups excluding carboxylic acids is 1. The minimum Gasteiger partial charge on any atom is -0.330 e. The van der Waals surface area contributed by atoms with Gasteiger partial charge in [-0.3, -0.25) is 4.79 Å². The van der Waals surface area contributed by atoms with Gasteiger partial charge in [0.15, 0.2) is 4.34 Å². The van der Waals surface area contributed by atoms with Crippen LogP contribution in [0.25, 0.3) is 0 Å². The lowest BCUT2D eigenvalue weighted by Gasteiger charge is -2.08. The summed E-state index contributed by atoms with van der Waals surface area (Å²) in [7, 11) is 0. The zero-order valence-electron chi connectivity index (χ0n) is 13.3. The first kappa shape index (κ1) is 17.7. The summed E-state index contributed by atoms with van der Waals surface area (Å²) in [6.07, 6.45) is 0. The van der Waals surface area contributed by atoms with Gasteiger partial charge in [-0.05, 0) is 36.8 Å². The highest BCUT2D eigenvalue weighted by molar-refractivity contribution is 8.01. The van der Waals surface area contributed by atoms with Crippen molar-refractivity contribution in [3.63, 3.8) is 0 Å². The Bertz CT molecular complexity index is 870. The number of halogens is 1. The number of hydrogen-bond donors (Lipinski definition) is 2. The third-order valence-electron chi connectivity index (χ3n) is 3.23. The van der Waals surface area contributed by atoms with E-state index in [0.29, 0.717) is 10.2 Å². The number of nitrogens with zero attached hydrogens (tertiary/aromatic N) is 2. The molecule has 2 N–H and O–H groups in total. The SMILES string of the molecule is Cc1ccc(Cl)cc1NC(=O)CSc1nnc(Nc2ccccc2)s1. The smallest absolute Gasteiger partial charge is 0.234 e. The van der Waals surface area contributed by atoms with Gasteiger partial charge >= 0.3 is 0 Å². The molecule has 5 nitrogen and oxygen atoms in total. The van der Waals surface area contributed by atoms with Gasteiger partial charge in [-0.1, -0.05) is 59.0 Å². The monoisotopic (exact) mass is 390 g/mol. The summed E-state index contributed by atoms with van der Waals surface area (Å²) in [6, 6.07) is 15.2. The number of aryl methyl sites for hydroxylation is 1. The molecule has 0 aliphatic carbocycles. The van der Waals surface area contributed by atoms with Crippen molar-refractivity contribution in [3.05, 3.63) is 59.1 Å². The van der Waals surface area contributed by atoms with Crippen LogP contribution in [0.5, 0.6) is 0 Å². The average Bonchev–Trinajstić information content (AvgIpc) is 3.05. The number of anilines is 3. The first-order valence-corrected chi connectivity index (χ1v) is 9.62. The van der Waals surface area contributed by atoms with Crippen LogP contribution in [-0.4, -0.2) is 21.9 Å². The number of amides is 1. The first-order valence-electron chi connectivity index (χ1n) is 7.44. The molecule has 0 spiro atoms. The number of aromatic nitrogens is 2. The zero-order chi connectivity index (χ0) is 17.6. The topological polar surface area (TPSA) is 66.9 Å². The molecule has 2 aromatic carbocycles. The number of hydrogen-bond acceptors (Lipinski definition) is 6. The molecule has 3 rings (SSSR count). The molecule has 1 heterocycles.